The molecule has 3 heterocycles. The van der Waals surface area contributed by atoms with Gasteiger partial charge in [-0.05, 0) is 26.7 Å². The van der Waals surface area contributed by atoms with E-state index in [1.54, 1.807) is 15.8 Å². The molecule has 2 aliphatic heterocycles. The Bertz CT molecular complexity index is 685. The molecule has 0 N–H and O–H groups in total. The Morgan fingerprint density at radius 2 is 2.22 bits per heavy atom. The molecular formula is C15H23N3O4S. The van der Waals surface area contributed by atoms with Crippen LogP contribution in [0.15, 0.2) is 12.4 Å². The molecule has 2 fully saturated rings. The zero-order valence-electron chi connectivity index (χ0n) is 13.5. The standard InChI is InChI=1S/C15H23N3O4S/c1-3-17-9-12(8-16-17)13-10-23(20,21)7-6-18(13)15(19)14-5-4-11(2)22-14/h8-9,11,13-14H,3-7,10H2,1-2H3. The zero-order chi connectivity index (χ0) is 16.6. The maximum Gasteiger partial charge on any atom is 0.252 e. The summed E-state index contributed by atoms with van der Waals surface area (Å²) in [7, 11) is -3.15. The summed E-state index contributed by atoms with van der Waals surface area (Å²) < 4.78 is 31.5. The van der Waals surface area contributed by atoms with Crippen molar-refractivity contribution < 1.29 is 17.9 Å². The van der Waals surface area contributed by atoms with Crippen LogP contribution in [0.5, 0.6) is 0 Å². The molecular weight excluding hydrogens is 318 g/mol. The summed E-state index contributed by atoms with van der Waals surface area (Å²) in [6.45, 7) is 4.84. The van der Waals surface area contributed by atoms with Crippen LogP contribution in [0.3, 0.4) is 0 Å². The Morgan fingerprint density at radius 3 is 2.83 bits per heavy atom. The molecule has 1 aromatic rings. The molecule has 0 aliphatic carbocycles. The maximum absolute atomic E-state index is 12.8. The Morgan fingerprint density at radius 1 is 1.43 bits per heavy atom. The lowest BCUT2D eigenvalue weighted by Gasteiger charge is -2.36. The van der Waals surface area contributed by atoms with Crippen LogP contribution in [0.2, 0.25) is 0 Å². The van der Waals surface area contributed by atoms with Crippen molar-refractivity contribution in [3.63, 3.8) is 0 Å². The van der Waals surface area contributed by atoms with Crippen molar-refractivity contribution in [3.05, 3.63) is 18.0 Å². The second kappa shape index (κ2) is 6.24. The number of amides is 1. The van der Waals surface area contributed by atoms with Crippen LogP contribution >= 0.6 is 0 Å². The third kappa shape index (κ3) is 3.42. The minimum atomic E-state index is -3.15. The molecule has 8 heteroatoms. The lowest BCUT2D eigenvalue weighted by atomic mass is 10.1. The van der Waals surface area contributed by atoms with Gasteiger partial charge in [0.25, 0.3) is 5.91 Å². The van der Waals surface area contributed by atoms with E-state index in [9.17, 15) is 13.2 Å². The van der Waals surface area contributed by atoms with Gasteiger partial charge in [0.1, 0.15) is 6.10 Å². The van der Waals surface area contributed by atoms with Crippen molar-refractivity contribution in [2.75, 3.05) is 18.1 Å². The molecule has 0 spiro atoms. The van der Waals surface area contributed by atoms with Crippen LogP contribution < -0.4 is 0 Å². The van der Waals surface area contributed by atoms with Gasteiger partial charge in [-0.25, -0.2) is 8.42 Å². The highest BCUT2D eigenvalue weighted by Crippen LogP contribution is 2.30. The van der Waals surface area contributed by atoms with E-state index in [-0.39, 0.29) is 30.1 Å². The van der Waals surface area contributed by atoms with E-state index in [1.807, 2.05) is 20.0 Å². The molecule has 0 saturated carbocycles. The maximum atomic E-state index is 12.8. The van der Waals surface area contributed by atoms with Crippen LogP contribution in [0.25, 0.3) is 0 Å². The molecule has 7 nitrogen and oxygen atoms in total. The highest BCUT2D eigenvalue weighted by molar-refractivity contribution is 7.91. The summed E-state index contributed by atoms with van der Waals surface area (Å²) in [5.74, 6) is -0.131. The first-order valence-corrected chi connectivity index (χ1v) is 9.90. The highest BCUT2D eigenvalue weighted by Gasteiger charge is 2.40. The lowest BCUT2D eigenvalue weighted by molar-refractivity contribution is -0.144. The predicted molar refractivity (Wildman–Crippen MR) is 84.6 cm³/mol. The Balaban J connectivity index is 1.85. The normalized spacial score (nSPS) is 30.5. The summed E-state index contributed by atoms with van der Waals surface area (Å²) in [6.07, 6.45) is 4.68. The van der Waals surface area contributed by atoms with Crippen LogP contribution in [-0.4, -0.2) is 59.3 Å². The quantitative estimate of drug-likeness (QED) is 0.811. The van der Waals surface area contributed by atoms with Gasteiger partial charge in [-0.1, -0.05) is 0 Å². The third-order valence-corrected chi connectivity index (χ3v) is 6.21. The molecule has 1 aromatic heterocycles. The minimum absolute atomic E-state index is 0.0133. The largest absolute Gasteiger partial charge is 0.365 e. The van der Waals surface area contributed by atoms with Gasteiger partial charge in [-0.3, -0.25) is 9.48 Å². The number of hydrogen-bond donors (Lipinski definition) is 0. The minimum Gasteiger partial charge on any atom is -0.365 e. The summed E-state index contributed by atoms with van der Waals surface area (Å²) in [4.78, 5) is 14.5. The van der Waals surface area contributed by atoms with Crippen LogP contribution in [0, 0.1) is 0 Å². The van der Waals surface area contributed by atoms with Gasteiger partial charge in [0.15, 0.2) is 9.84 Å². The van der Waals surface area contributed by atoms with Gasteiger partial charge in [0.05, 0.1) is 29.8 Å². The monoisotopic (exact) mass is 341 g/mol. The van der Waals surface area contributed by atoms with Crippen LogP contribution in [0.4, 0.5) is 0 Å². The predicted octanol–water partition coefficient (Wildman–Crippen LogP) is 0.769. The number of rotatable bonds is 3. The average Bonchev–Trinajstić information content (AvgIpc) is 3.14. The zero-order valence-corrected chi connectivity index (χ0v) is 14.3. The molecule has 128 valence electrons. The van der Waals surface area contributed by atoms with Crippen molar-refractivity contribution in [3.8, 4) is 0 Å². The summed E-state index contributed by atoms with van der Waals surface area (Å²) >= 11 is 0. The number of nitrogens with zero attached hydrogens (tertiary/aromatic N) is 3. The summed E-state index contributed by atoms with van der Waals surface area (Å²) in [5.41, 5.74) is 0.773. The molecule has 0 bridgehead atoms. The van der Waals surface area contributed by atoms with E-state index < -0.39 is 22.0 Å². The van der Waals surface area contributed by atoms with E-state index in [2.05, 4.69) is 5.10 Å². The van der Waals surface area contributed by atoms with Gasteiger partial charge in [0.2, 0.25) is 0 Å². The number of ether oxygens (including phenoxy) is 1. The van der Waals surface area contributed by atoms with Crippen LogP contribution in [0.1, 0.15) is 38.3 Å². The van der Waals surface area contributed by atoms with Crippen molar-refractivity contribution in [1.29, 1.82) is 0 Å². The van der Waals surface area contributed by atoms with Gasteiger partial charge in [-0.15, -0.1) is 0 Å². The van der Waals surface area contributed by atoms with E-state index in [1.165, 1.54) is 0 Å². The fraction of sp³-hybridized carbons (Fsp3) is 0.733. The second-order valence-corrected chi connectivity index (χ2v) is 8.53. The van der Waals surface area contributed by atoms with Crippen molar-refractivity contribution in [2.24, 2.45) is 0 Å². The fourth-order valence-electron chi connectivity index (χ4n) is 3.24. The molecule has 0 aromatic carbocycles. The average molecular weight is 341 g/mol. The highest BCUT2D eigenvalue weighted by atomic mass is 32.2. The van der Waals surface area contributed by atoms with Gasteiger partial charge in [0, 0.05) is 24.8 Å². The van der Waals surface area contributed by atoms with Crippen molar-refractivity contribution in [1.82, 2.24) is 14.7 Å². The first-order chi connectivity index (χ1) is 10.9. The Labute approximate surface area is 136 Å². The lowest BCUT2D eigenvalue weighted by Crippen LogP contribution is -2.49. The first kappa shape index (κ1) is 16.4. The molecule has 3 rings (SSSR count). The van der Waals surface area contributed by atoms with Gasteiger partial charge >= 0.3 is 0 Å². The number of aromatic nitrogens is 2. The van der Waals surface area contributed by atoms with E-state index >= 15 is 0 Å². The number of sulfone groups is 1. The summed E-state index contributed by atoms with van der Waals surface area (Å²) in [6, 6.07) is -0.471. The summed E-state index contributed by atoms with van der Waals surface area (Å²) in [5, 5.41) is 4.21. The number of hydrogen-bond acceptors (Lipinski definition) is 5. The van der Waals surface area contributed by atoms with Crippen molar-refractivity contribution >= 4 is 15.7 Å². The number of carbonyl (C=O) groups is 1. The molecule has 0 radical (unpaired) electrons. The van der Waals surface area contributed by atoms with E-state index in [0.29, 0.717) is 13.0 Å². The molecule has 2 aliphatic rings. The molecule has 1 amide bonds. The van der Waals surface area contributed by atoms with Gasteiger partial charge < -0.3 is 9.64 Å². The smallest absolute Gasteiger partial charge is 0.252 e. The van der Waals surface area contributed by atoms with Crippen molar-refractivity contribution in [2.45, 2.75) is 51.5 Å². The Kier molecular flexibility index (Phi) is 4.46. The molecule has 3 atom stereocenters. The third-order valence-electron chi connectivity index (χ3n) is 4.58. The first-order valence-electron chi connectivity index (χ1n) is 8.08. The van der Waals surface area contributed by atoms with Crippen LogP contribution in [-0.2, 0) is 25.9 Å². The number of aryl methyl sites for hydroxylation is 1. The Hall–Kier alpha value is -1.41. The van der Waals surface area contributed by atoms with E-state index in [4.69, 9.17) is 4.74 Å². The fourth-order valence-corrected chi connectivity index (χ4v) is 4.74. The molecule has 23 heavy (non-hydrogen) atoms. The van der Waals surface area contributed by atoms with E-state index in [0.717, 1.165) is 12.0 Å². The second-order valence-electron chi connectivity index (χ2n) is 6.30. The topological polar surface area (TPSA) is 81.5 Å². The molecule has 3 unspecified atom stereocenters. The number of carbonyl (C=O) groups excluding carboxylic acids is 1. The molecule has 2 saturated heterocycles. The SMILES string of the molecule is CCn1cc(C2CS(=O)(=O)CCN2C(=O)C2CCC(C)O2)cn1. The van der Waals surface area contributed by atoms with Gasteiger partial charge in [-0.2, -0.15) is 5.10 Å².